The van der Waals surface area contributed by atoms with Crippen LogP contribution in [0.25, 0.3) is 0 Å². The highest BCUT2D eigenvalue weighted by Gasteiger charge is 2.42. The number of benzene rings is 1. The molecule has 0 unspecified atom stereocenters. The molecule has 0 atom stereocenters. The van der Waals surface area contributed by atoms with Gasteiger partial charge in [0.05, 0.1) is 5.69 Å². The minimum Gasteiger partial charge on any atom is -0.361 e. The van der Waals surface area contributed by atoms with Crippen molar-refractivity contribution in [1.29, 1.82) is 0 Å². The van der Waals surface area contributed by atoms with Crippen molar-refractivity contribution in [3.8, 4) is 0 Å². The van der Waals surface area contributed by atoms with Crippen molar-refractivity contribution >= 4 is 29.9 Å². The molecule has 1 aliphatic rings. The Bertz CT molecular complexity index is 716. The Morgan fingerprint density at radius 1 is 1.15 bits per heavy atom. The van der Waals surface area contributed by atoms with Gasteiger partial charge < -0.3 is 15.2 Å². The Labute approximate surface area is 179 Å². The molecular formula is C21H31IN4O. The van der Waals surface area contributed by atoms with Gasteiger partial charge in [-0.05, 0) is 36.7 Å². The summed E-state index contributed by atoms with van der Waals surface area (Å²) >= 11 is 0. The van der Waals surface area contributed by atoms with Crippen molar-refractivity contribution in [2.24, 2.45) is 10.4 Å². The fraction of sp³-hybridized carbons (Fsp3) is 0.524. The molecule has 6 heteroatoms. The first kappa shape index (κ1) is 21.7. The van der Waals surface area contributed by atoms with Crippen molar-refractivity contribution in [2.75, 3.05) is 13.6 Å². The lowest BCUT2D eigenvalue weighted by molar-refractivity contribution is 0.380. The van der Waals surface area contributed by atoms with Gasteiger partial charge in [-0.15, -0.1) is 24.0 Å². The average molecular weight is 482 g/mol. The fourth-order valence-electron chi connectivity index (χ4n) is 3.42. The molecule has 2 N–H and O–H groups in total. The molecule has 1 saturated carbocycles. The normalized spacial score (nSPS) is 15.1. The molecule has 0 amide bonds. The van der Waals surface area contributed by atoms with E-state index in [9.17, 15) is 0 Å². The van der Waals surface area contributed by atoms with Crippen LogP contribution in [0.15, 0.2) is 39.8 Å². The number of hydrogen-bond acceptors (Lipinski definition) is 3. The molecule has 1 fully saturated rings. The average Bonchev–Trinajstić information content (AvgIpc) is 3.31. The zero-order chi connectivity index (χ0) is 18.4. The smallest absolute Gasteiger partial charge is 0.191 e. The summed E-state index contributed by atoms with van der Waals surface area (Å²) in [4.78, 5) is 4.38. The van der Waals surface area contributed by atoms with Gasteiger partial charge in [-0.1, -0.05) is 49.3 Å². The molecule has 1 aliphatic carbocycles. The van der Waals surface area contributed by atoms with Crippen LogP contribution in [-0.2, 0) is 25.8 Å². The second-order valence-corrected chi connectivity index (χ2v) is 7.18. The molecule has 3 rings (SSSR count). The summed E-state index contributed by atoms with van der Waals surface area (Å²) in [7, 11) is 1.82. The zero-order valence-corrected chi connectivity index (χ0v) is 18.9. The number of aromatic nitrogens is 1. The van der Waals surface area contributed by atoms with Gasteiger partial charge in [0.2, 0.25) is 0 Å². The predicted octanol–water partition coefficient (Wildman–Crippen LogP) is 4.11. The van der Waals surface area contributed by atoms with E-state index in [0.29, 0.717) is 12.0 Å². The van der Waals surface area contributed by atoms with E-state index >= 15 is 0 Å². The second kappa shape index (κ2) is 10.1. The van der Waals surface area contributed by atoms with E-state index in [1.54, 1.807) is 0 Å². The Kier molecular flexibility index (Phi) is 8.13. The van der Waals surface area contributed by atoms with Crippen LogP contribution in [-0.4, -0.2) is 24.7 Å². The summed E-state index contributed by atoms with van der Waals surface area (Å²) in [5.41, 5.74) is 3.99. The van der Waals surface area contributed by atoms with Crippen molar-refractivity contribution in [1.82, 2.24) is 15.8 Å². The molecule has 27 heavy (non-hydrogen) atoms. The molecule has 1 aromatic heterocycles. The van der Waals surface area contributed by atoms with Crippen molar-refractivity contribution in [3.63, 3.8) is 0 Å². The topological polar surface area (TPSA) is 62.5 Å². The molecule has 5 nitrogen and oxygen atoms in total. The molecular weight excluding hydrogens is 451 g/mol. The molecule has 1 aromatic carbocycles. The van der Waals surface area contributed by atoms with Crippen LogP contribution in [0, 0.1) is 5.41 Å². The van der Waals surface area contributed by atoms with Gasteiger partial charge in [0.15, 0.2) is 5.96 Å². The highest BCUT2D eigenvalue weighted by Crippen LogP contribution is 2.47. The highest BCUT2D eigenvalue weighted by molar-refractivity contribution is 14.0. The number of rotatable bonds is 8. The van der Waals surface area contributed by atoms with Gasteiger partial charge in [0.25, 0.3) is 0 Å². The maximum absolute atomic E-state index is 5.44. The molecule has 0 radical (unpaired) electrons. The third kappa shape index (κ3) is 5.70. The summed E-state index contributed by atoms with van der Waals surface area (Å²) in [5, 5.41) is 11.1. The first-order valence-corrected chi connectivity index (χ1v) is 9.64. The standard InChI is InChI=1S/C21H30N4O.HI/c1-4-18-17(19(5-2)26-25-18)14-23-20(22-3)24-15-21(11-12-21)13-16-9-7-6-8-10-16;/h6-10H,4-5,11-15H2,1-3H3,(H2,22,23,24);1H. The number of guanidine groups is 1. The minimum atomic E-state index is 0. The molecule has 0 bridgehead atoms. The number of aryl methyl sites for hydroxylation is 2. The lowest BCUT2D eigenvalue weighted by atomic mass is 9.96. The maximum Gasteiger partial charge on any atom is 0.191 e. The summed E-state index contributed by atoms with van der Waals surface area (Å²) in [6.07, 6.45) is 5.42. The molecule has 1 heterocycles. The third-order valence-corrected chi connectivity index (χ3v) is 5.27. The predicted molar refractivity (Wildman–Crippen MR) is 121 cm³/mol. The largest absolute Gasteiger partial charge is 0.361 e. The first-order chi connectivity index (χ1) is 12.7. The lowest BCUT2D eigenvalue weighted by Gasteiger charge is -2.19. The van der Waals surface area contributed by atoms with Crippen LogP contribution >= 0.6 is 24.0 Å². The monoisotopic (exact) mass is 482 g/mol. The number of nitrogens with zero attached hydrogens (tertiary/aromatic N) is 2. The van der Waals surface area contributed by atoms with Crippen LogP contribution in [0.2, 0.25) is 0 Å². The van der Waals surface area contributed by atoms with Crippen LogP contribution in [0.3, 0.4) is 0 Å². The van der Waals surface area contributed by atoms with Gasteiger partial charge in [-0.2, -0.15) is 0 Å². The summed E-state index contributed by atoms with van der Waals surface area (Å²) in [5.74, 6) is 1.81. The highest BCUT2D eigenvalue weighted by atomic mass is 127. The number of aliphatic imine (C=N–C) groups is 1. The molecule has 2 aromatic rings. The van der Waals surface area contributed by atoms with Gasteiger partial charge >= 0.3 is 0 Å². The Morgan fingerprint density at radius 3 is 2.48 bits per heavy atom. The number of hydrogen-bond donors (Lipinski definition) is 2. The lowest BCUT2D eigenvalue weighted by Crippen LogP contribution is -2.40. The van der Waals surface area contributed by atoms with Crippen LogP contribution in [0.1, 0.15) is 49.3 Å². The van der Waals surface area contributed by atoms with Gasteiger partial charge in [0.1, 0.15) is 5.76 Å². The van der Waals surface area contributed by atoms with E-state index in [4.69, 9.17) is 4.52 Å². The Hall–Kier alpha value is -1.57. The SMILES string of the molecule is CCc1noc(CC)c1CNC(=NC)NCC1(Cc2ccccc2)CC1.I. The summed E-state index contributed by atoms with van der Waals surface area (Å²) < 4.78 is 5.44. The number of nitrogens with one attached hydrogen (secondary N) is 2. The molecule has 0 aliphatic heterocycles. The third-order valence-electron chi connectivity index (χ3n) is 5.27. The minimum absolute atomic E-state index is 0. The van der Waals surface area contributed by atoms with E-state index < -0.39 is 0 Å². The number of halogens is 1. The molecule has 0 spiro atoms. The van der Waals surface area contributed by atoms with Crippen molar-refractivity contribution in [2.45, 2.75) is 52.5 Å². The molecule has 0 saturated heterocycles. The van der Waals surface area contributed by atoms with E-state index in [2.05, 4.69) is 65.0 Å². The van der Waals surface area contributed by atoms with Gasteiger partial charge in [0, 0.05) is 32.1 Å². The zero-order valence-electron chi connectivity index (χ0n) is 16.5. The van der Waals surface area contributed by atoms with Gasteiger partial charge in [-0.25, -0.2) is 0 Å². The van der Waals surface area contributed by atoms with Crippen molar-refractivity contribution in [3.05, 3.63) is 52.9 Å². The van der Waals surface area contributed by atoms with E-state index in [0.717, 1.165) is 43.2 Å². The summed E-state index contributed by atoms with van der Waals surface area (Å²) in [6.45, 7) is 5.85. The molecule has 148 valence electrons. The quantitative estimate of drug-likeness (QED) is 0.338. The fourth-order valence-corrected chi connectivity index (χ4v) is 3.42. The van der Waals surface area contributed by atoms with E-state index in [1.165, 1.54) is 24.0 Å². The maximum atomic E-state index is 5.44. The van der Waals surface area contributed by atoms with E-state index in [1.807, 2.05) is 7.05 Å². The first-order valence-electron chi connectivity index (χ1n) is 9.64. The van der Waals surface area contributed by atoms with E-state index in [-0.39, 0.29) is 24.0 Å². The van der Waals surface area contributed by atoms with Gasteiger partial charge in [-0.3, -0.25) is 4.99 Å². The van der Waals surface area contributed by atoms with Crippen LogP contribution in [0.4, 0.5) is 0 Å². The van der Waals surface area contributed by atoms with Crippen LogP contribution < -0.4 is 10.6 Å². The van der Waals surface area contributed by atoms with Crippen molar-refractivity contribution < 1.29 is 4.52 Å². The summed E-state index contributed by atoms with van der Waals surface area (Å²) in [6, 6.07) is 10.8. The second-order valence-electron chi connectivity index (χ2n) is 7.18. The Morgan fingerprint density at radius 2 is 1.89 bits per heavy atom. The van der Waals surface area contributed by atoms with Crippen LogP contribution in [0.5, 0.6) is 0 Å². The Balaban J connectivity index is 0.00000261.